The molecule has 118 valence electrons. The van der Waals surface area contributed by atoms with Gasteiger partial charge in [-0.15, -0.1) is 0 Å². The molecule has 0 spiro atoms. The van der Waals surface area contributed by atoms with Crippen LogP contribution in [0.2, 0.25) is 0 Å². The number of benzene rings is 2. The van der Waals surface area contributed by atoms with E-state index in [0.717, 1.165) is 34.9 Å². The second-order valence-corrected chi connectivity index (χ2v) is 5.72. The van der Waals surface area contributed by atoms with Crippen LogP contribution in [0.15, 0.2) is 52.5 Å². The number of alkyl halides is 3. The number of imidazole rings is 1. The van der Waals surface area contributed by atoms with Crippen molar-refractivity contribution in [2.75, 3.05) is 0 Å². The summed E-state index contributed by atoms with van der Waals surface area (Å²) in [6.07, 6.45) is -4.62. The SMILES string of the molecule is O=[N+]([O-])c1cc(C(F)(F)F)ccc1Sc1[nH]c2ccccc2[nH+]1. The molecular weight excluding hydrogens is 331 g/mol. The monoisotopic (exact) mass is 340 g/mol. The quantitative estimate of drug-likeness (QED) is 0.577. The number of fused-ring (bicyclic) bond motifs is 1. The number of H-pyrrole nitrogens is 2. The minimum absolute atomic E-state index is 0.116. The zero-order valence-corrected chi connectivity index (χ0v) is 12.2. The second-order valence-electron chi connectivity index (χ2n) is 4.66. The number of hydrogen-bond donors (Lipinski definition) is 1. The Bertz CT molecular complexity index is 859. The molecule has 0 bridgehead atoms. The van der Waals surface area contributed by atoms with Crippen LogP contribution >= 0.6 is 11.8 Å². The highest BCUT2D eigenvalue weighted by Gasteiger charge is 2.33. The van der Waals surface area contributed by atoms with Gasteiger partial charge in [-0.25, -0.2) is 9.97 Å². The lowest BCUT2D eigenvalue weighted by Crippen LogP contribution is -2.06. The van der Waals surface area contributed by atoms with Crippen LogP contribution in [0.25, 0.3) is 11.0 Å². The van der Waals surface area contributed by atoms with Crippen LogP contribution in [0.3, 0.4) is 0 Å². The van der Waals surface area contributed by atoms with Gasteiger partial charge in [0.25, 0.3) is 5.69 Å². The number of nitro benzene ring substituents is 1. The molecule has 0 aliphatic rings. The first kappa shape index (κ1) is 15.3. The number of aromatic nitrogens is 2. The molecule has 0 radical (unpaired) electrons. The van der Waals surface area contributed by atoms with Crippen molar-refractivity contribution >= 4 is 28.5 Å². The number of nitrogens with one attached hydrogen (secondary N) is 2. The largest absolute Gasteiger partial charge is 0.416 e. The van der Waals surface area contributed by atoms with E-state index in [0.29, 0.717) is 11.2 Å². The lowest BCUT2D eigenvalue weighted by Gasteiger charge is -2.07. The lowest BCUT2D eigenvalue weighted by atomic mass is 10.2. The Morgan fingerprint density at radius 2 is 1.91 bits per heavy atom. The molecular formula is C14H9F3N3O2S+. The zero-order valence-electron chi connectivity index (χ0n) is 11.3. The third-order valence-electron chi connectivity index (χ3n) is 3.12. The third kappa shape index (κ3) is 3.14. The van der Waals surface area contributed by atoms with Crippen LogP contribution in [0.4, 0.5) is 18.9 Å². The normalized spacial score (nSPS) is 11.8. The van der Waals surface area contributed by atoms with E-state index in [9.17, 15) is 23.3 Å². The number of hydrogen-bond acceptors (Lipinski definition) is 3. The first-order chi connectivity index (χ1) is 10.8. The van der Waals surface area contributed by atoms with Gasteiger partial charge in [-0.05, 0) is 24.3 Å². The zero-order chi connectivity index (χ0) is 16.6. The van der Waals surface area contributed by atoms with E-state index >= 15 is 0 Å². The maximum Gasteiger partial charge on any atom is 0.416 e. The number of nitro groups is 1. The van der Waals surface area contributed by atoms with Gasteiger partial charge in [0.05, 0.1) is 15.4 Å². The molecule has 5 nitrogen and oxygen atoms in total. The average Bonchev–Trinajstić information content (AvgIpc) is 2.88. The van der Waals surface area contributed by atoms with Gasteiger partial charge in [-0.1, -0.05) is 12.1 Å². The smallest absolute Gasteiger partial charge is 0.258 e. The van der Waals surface area contributed by atoms with Crippen molar-refractivity contribution < 1.29 is 23.1 Å². The van der Waals surface area contributed by atoms with Gasteiger partial charge in [-0.3, -0.25) is 10.1 Å². The van der Waals surface area contributed by atoms with Crippen molar-refractivity contribution in [1.82, 2.24) is 4.98 Å². The van der Waals surface area contributed by atoms with Crippen LogP contribution < -0.4 is 4.98 Å². The number of halogens is 3. The van der Waals surface area contributed by atoms with Crippen LogP contribution in [0.1, 0.15) is 5.56 Å². The molecule has 23 heavy (non-hydrogen) atoms. The van der Waals surface area contributed by atoms with Crippen molar-refractivity contribution in [2.24, 2.45) is 0 Å². The summed E-state index contributed by atoms with van der Waals surface area (Å²) in [7, 11) is 0. The highest BCUT2D eigenvalue weighted by atomic mass is 32.2. The number of para-hydroxylation sites is 2. The first-order valence-corrected chi connectivity index (χ1v) is 7.20. The predicted molar refractivity (Wildman–Crippen MR) is 77.1 cm³/mol. The molecule has 1 aromatic heterocycles. The molecule has 2 aromatic carbocycles. The molecule has 0 saturated carbocycles. The minimum atomic E-state index is -4.62. The van der Waals surface area contributed by atoms with Crippen LogP contribution in [0.5, 0.6) is 0 Å². The van der Waals surface area contributed by atoms with Crippen molar-refractivity contribution in [3.8, 4) is 0 Å². The number of aromatic amines is 2. The van der Waals surface area contributed by atoms with E-state index in [1.165, 1.54) is 0 Å². The van der Waals surface area contributed by atoms with Crippen molar-refractivity contribution in [1.29, 1.82) is 0 Å². The predicted octanol–water partition coefficient (Wildman–Crippen LogP) is 4.06. The van der Waals surface area contributed by atoms with Gasteiger partial charge < -0.3 is 0 Å². The molecule has 0 fully saturated rings. The minimum Gasteiger partial charge on any atom is -0.258 e. The van der Waals surface area contributed by atoms with E-state index in [1.807, 2.05) is 24.3 Å². The maximum atomic E-state index is 12.7. The topological polar surface area (TPSA) is 73.1 Å². The fourth-order valence-corrected chi connectivity index (χ4v) is 2.98. The second kappa shape index (κ2) is 5.58. The fourth-order valence-electron chi connectivity index (χ4n) is 2.06. The molecule has 0 unspecified atom stereocenters. The fraction of sp³-hybridized carbons (Fsp3) is 0.0714. The number of nitrogens with zero attached hydrogens (tertiary/aromatic N) is 1. The van der Waals surface area contributed by atoms with Gasteiger partial charge in [0.2, 0.25) is 0 Å². The first-order valence-electron chi connectivity index (χ1n) is 6.38. The standard InChI is InChI=1S/C14H8F3N3O2S/c15-14(16,17)8-5-6-12(11(7-8)20(21)22)23-13-18-9-3-1-2-4-10(9)19-13/h1-7H,(H,18,19)/p+1. The molecule has 0 aliphatic carbocycles. The Hall–Kier alpha value is -2.55. The molecule has 0 saturated heterocycles. The molecule has 1 heterocycles. The molecule has 9 heteroatoms. The molecule has 3 rings (SSSR count). The highest BCUT2D eigenvalue weighted by Crippen LogP contribution is 2.38. The van der Waals surface area contributed by atoms with Crippen molar-refractivity contribution in [3.05, 3.63) is 58.1 Å². The maximum absolute atomic E-state index is 12.7. The Labute approximate surface area is 131 Å². The summed E-state index contributed by atoms with van der Waals surface area (Å²) >= 11 is 0.967. The Morgan fingerprint density at radius 1 is 1.17 bits per heavy atom. The molecule has 0 atom stereocenters. The molecule has 0 aliphatic heterocycles. The van der Waals surface area contributed by atoms with Crippen LogP contribution in [-0.4, -0.2) is 9.91 Å². The van der Waals surface area contributed by atoms with Gasteiger partial charge in [-0.2, -0.15) is 13.2 Å². The lowest BCUT2D eigenvalue weighted by molar-refractivity contribution is -0.397. The summed E-state index contributed by atoms with van der Waals surface area (Å²) in [6, 6.07) is 9.76. The Morgan fingerprint density at radius 3 is 2.57 bits per heavy atom. The van der Waals surface area contributed by atoms with E-state index in [2.05, 4.69) is 9.97 Å². The van der Waals surface area contributed by atoms with Crippen LogP contribution in [-0.2, 0) is 6.18 Å². The third-order valence-corrected chi connectivity index (χ3v) is 4.09. The summed E-state index contributed by atoms with van der Waals surface area (Å²) in [5.41, 5.74) is -0.0415. The van der Waals surface area contributed by atoms with Crippen molar-refractivity contribution in [2.45, 2.75) is 16.2 Å². The van der Waals surface area contributed by atoms with E-state index in [1.54, 1.807) is 0 Å². The van der Waals surface area contributed by atoms with Crippen LogP contribution in [0, 0.1) is 10.1 Å². The summed E-state index contributed by atoms with van der Waals surface area (Å²) < 4.78 is 38.1. The number of rotatable bonds is 3. The summed E-state index contributed by atoms with van der Waals surface area (Å²) in [4.78, 5) is 16.4. The Kier molecular flexibility index (Phi) is 3.72. The molecule has 3 aromatic rings. The van der Waals surface area contributed by atoms with Gasteiger partial charge in [0.15, 0.2) is 11.0 Å². The van der Waals surface area contributed by atoms with Gasteiger partial charge in [0.1, 0.15) is 0 Å². The average molecular weight is 340 g/mol. The van der Waals surface area contributed by atoms with E-state index < -0.39 is 22.4 Å². The highest BCUT2D eigenvalue weighted by molar-refractivity contribution is 7.99. The molecule has 2 N–H and O–H groups in total. The van der Waals surface area contributed by atoms with Gasteiger partial charge >= 0.3 is 11.3 Å². The van der Waals surface area contributed by atoms with Crippen molar-refractivity contribution in [3.63, 3.8) is 0 Å². The van der Waals surface area contributed by atoms with Gasteiger partial charge in [0, 0.05) is 17.8 Å². The molecule has 0 amide bonds. The summed E-state index contributed by atoms with van der Waals surface area (Å²) in [6.45, 7) is 0. The Balaban J connectivity index is 2.00. The van der Waals surface area contributed by atoms with E-state index in [-0.39, 0.29) is 4.90 Å². The summed E-state index contributed by atoms with van der Waals surface area (Å²) in [5.74, 6) is 0. The summed E-state index contributed by atoms with van der Waals surface area (Å²) in [5, 5.41) is 11.6. The van der Waals surface area contributed by atoms with E-state index in [4.69, 9.17) is 0 Å².